The van der Waals surface area contributed by atoms with Crippen LogP contribution >= 0.6 is 0 Å². The van der Waals surface area contributed by atoms with Gasteiger partial charge in [0.1, 0.15) is 6.17 Å². The molecular weight excluding hydrogens is 234 g/mol. The van der Waals surface area contributed by atoms with Crippen molar-refractivity contribution in [3.8, 4) is 0 Å². The van der Waals surface area contributed by atoms with Gasteiger partial charge in [-0.3, -0.25) is 0 Å². The lowest BCUT2D eigenvalue weighted by Crippen LogP contribution is -2.35. The molecule has 18 heavy (non-hydrogen) atoms. The van der Waals surface area contributed by atoms with E-state index in [1.54, 1.807) is 0 Å². The van der Waals surface area contributed by atoms with Crippen molar-refractivity contribution < 1.29 is 14.4 Å². The highest BCUT2D eigenvalue weighted by molar-refractivity contribution is 6.40. The van der Waals surface area contributed by atoms with Gasteiger partial charge in [0.15, 0.2) is 0 Å². The SMILES string of the molecule is CNC1CC2C(CCCB(O)O)C(N)CC2C1F. The Bertz CT molecular complexity index is 283. The van der Waals surface area contributed by atoms with Crippen molar-refractivity contribution in [2.45, 2.75) is 50.3 Å². The minimum atomic E-state index is -1.24. The van der Waals surface area contributed by atoms with E-state index in [9.17, 15) is 4.39 Å². The maximum absolute atomic E-state index is 14.1. The fraction of sp³-hybridized carbons (Fsp3) is 1.00. The monoisotopic (exact) mass is 258 g/mol. The summed E-state index contributed by atoms with van der Waals surface area (Å²) in [7, 11) is 0.580. The summed E-state index contributed by atoms with van der Waals surface area (Å²) >= 11 is 0. The van der Waals surface area contributed by atoms with Crippen LogP contribution in [0.4, 0.5) is 4.39 Å². The lowest BCUT2D eigenvalue weighted by atomic mass is 9.79. The third kappa shape index (κ3) is 2.71. The fourth-order valence-corrected chi connectivity index (χ4v) is 3.98. The van der Waals surface area contributed by atoms with E-state index in [0.29, 0.717) is 18.2 Å². The van der Waals surface area contributed by atoms with Crippen LogP contribution in [0.25, 0.3) is 0 Å². The van der Waals surface area contributed by atoms with E-state index in [0.717, 1.165) is 25.7 Å². The third-order valence-electron chi connectivity index (χ3n) is 4.88. The number of rotatable bonds is 5. The van der Waals surface area contributed by atoms with E-state index in [1.807, 2.05) is 7.05 Å². The molecule has 2 saturated carbocycles. The van der Waals surface area contributed by atoms with Crippen LogP contribution in [0.15, 0.2) is 0 Å². The van der Waals surface area contributed by atoms with Crippen LogP contribution in [0.1, 0.15) is 25.7 Å². The molecule has 104 valence electrons. The number of nitrogens with one attached hydrogen (secondary N) is 1. The van der Waals surface area contributed by atoms with E-state index >= 15 is 0 Å². The van der Waals surface area contributed by atoms with Gasteiger partial charge in [0.25, 0.3) is 0 Å². The Hall–Kier alpha value is -0.165. The molecule has 2 rings (SSSR count). The van der Waals surface area contributed by atoms with Crippen LogP contribution in [0, 0.1) is 17.8 Å². The Morgan fingerprint density at radius 1 is 1.33 bits per heavy atom. The zero-order chi connectivity index (χ0) is 13.3. The summed E-state index contributed by atoms with van der Waals surface area (Å²) in [6, 6.07) is 0.0466. The van der Waals surface area contributed by atoms with Crippen molar-refractivity contribution in [2.24, 2.45) is 23.5 Å². The molecule has 0 spiro atoms. The molecule has 2 aliphatic carbocycles. The molecule has 0 saturated heterocycles. The number of hydrogen-bond donors (Lipinski definition) is 4. The van der Waals surface area contributed by atoms with E-state index in [1.165, 1.54) is 0 Å². The summed E-state index contributed by atoms with van der Waals surface area (Å²) in [5.41, 5.74) is 6.12. The molecule has 2 aliphatic rings. The molecule has 0 amide bonds. The lowest BCUT2D eigenvalue weighted by molar-refractivity contribution is 0.215. The second-order valence-corrected chi connectivity index (χ2v) is 5.88. The van der Waals surface area contributed by atoms with Crippen molar-refractivity contribution in [1.29, 1.82) is 0 Å². The predicted octanol–water partition coefficient (Wildman–Crippen LogP) is 0.149. The number of fused-ring (bicyclic) bond motifs is 1. The first-order chi connectivity index (χ1) is 8.54. The lowest BCUT2D eigenvalue weighted by Gasteiger charge is -2.22. The third-order valence-corrected chi connectivity index (χ3v) is 4.88. The normalized spacial score (nSPS) is 43.2. The van der Waals surface area contributed by atoms with Crippen LogP contribution in [-0.4, -0.2) is 42.5 Å². The van der Waals surface area contributed by atoms with Crippen LogP contribution < -0.4 is 11.1 Å². The van der Waals surface area contributed by atoms with E-state index < -0.39 is 13.3 Å². The topological polar surface area (TPSA) is 78.5 Å². The standard InChI is InChI=1S/C12H24BFN2O2/c1-16-11-6-8-7(3-2-4-13(17)18)10(15)5-9(8)12(11)14/h7-12,16-18H,2-6,15H2,1H3. The molecule has 0 aromatic carbocycles. The molecule has 0 aromatic heterocycles. The van der Waals surface area contributed by atoms with Crippen molar-refractivity contribution in [3.63, 3.8) is 0 Å². The van der Waals surface area contributed by atoms with Crippen LogP contribution in [0.3, 0.4) is 0 Å². The van der Waals surface area contributed by atoms with Gasteiger partial charge in [-0.1, -0.05) is 6.42 Å². The molecule has 0 aromatic rings. The highest BCUT2D eigenvalue weighted by Gasteiger charge is 2.52. The number of alkyl halides is 1. The van der Waals surface area contributed by atoms with Crippen molar-refractivity contribution in [3.05, 3.63) is 0 Å². The van der Waals surface area contributed by atoms with Crippen LogP contribution in [0.5, 0.6) is 0 Å². The summed E-state index contributed by atoms with van der Waals surface area (Å²) < 4.78 is 14.1. The summed E-state index contributed by atoms with van der Waals surface area (Å²) in [5.74, 6) is 0.801. The largest absolute Gasteiger partial charge is 0.451 e. The second-order valence-electron chi connectivity index (χ2n) is 5.88. The first-order valence-corrected chi connectivity index (χ1v) is 6.97. The van der Waals surface area contributed by atoms with Crippen molar-refractivity contribution in [2.75, 3.05) is 7.05 Å². The molecule has 6 heteroatoms. The Labute approximate surface area is 108 Å². The molecule has 0 radical (unpaired) electrons. The second kappa shape index (κ2) is 5.86. The summed E-state index contributed by atoms with van der Waals surface area (Å²) in [4.78, 5) is 0. The summed E-state index contributed by atoms with van der Waals surface area (Å²) in [6.45, 7) is 0. The zero-order valence-corrected chi connectivity index (χ0v) is 10.9. The fourth-order valence-electron chi connectivity index (χ4n) is 3.98. The van der Waals surface area contributed by atoms with Gasteiger partial charge < -0.3 is 21.1 Å². The number of hydrogen-bond acceptors (Lipinski definition) is 4. The molecular formula is C12H24BFN2O2. The Balaban J connectivity index is 1.91. The maximum atomic E-state index is 14.1. The van der Waals surface area contributed by atoms with Gasteiger partial charge in [-0.15, -0.1) is 0 Å². The number of halogens is 1. The summed E-state index contributed by atoms with van der Waals surface area (Å²) in [5, 5.41) is 20.8. The van der Waals surface area contributed by atoms with Gasteiger partial charge in [-0.2, -0.15) is 0 Å². The Morgan fingerprint density at radius 3 is 2.67 bits per heavy atom. The Morgan fingerprint density at radius 2 is 2.06 bits per heavy atom. The molecule has 6 atom stereocenters. The van der Waals surface area contributed by atoms with E-state index in [2.05, 4.69) is 5.32 Å². The first-order valence-electron chi connectivity index (χ1n) is 6.97. The molecule has 4 nitrogen and oxygen atoms in total. The van der Waals surface area contributed by atoms with Crippen molar-refractivity contribution >= 4 is 7.12 Å². The Kier molecular flexibility index (Phi) is 4.64. The molecule has 6 unspecified atom stereocenters. The molecule has 2 fully saturated rings. The minimum absolute atomic E-state index is 0.0292. The van der Waals surface area contributed by atoms with Crippen LogP contribution in [-0.2, 0) is 0 Å². The first kappa shape index (κ1) is 14.2. The van der Waals surface area contributed by atoms with Gasteiger partial charge in [-0.25, -0.2) is 4.39 Å². The average Bonchev–Trinajstić information content (AvgIpc) is 2.77. The van der Waals surface area contributed by atoms with Gasteiger partial charge in [0.2, 0.25) is 0 Å². The highest BCUT2D eigenvalue weighted by atomic mass is 19.1. The van der Waals surface area contributed by atoms with Crippen LogP contribution in [0.2, 0.25) is 6.32 Å². The maximum Gasteiger partial charge on any atom is 0.451 e. The van der Waals surface area contributed by atoms with Gasteiger partial charge in [0, 0.05) is 12.1 Å². The minimum Gasteiger partial charge on any atom is -0.427 e. The van der Waals surface area contributed by atoms with Gasteiger partial charge in [0.05, 0.1) is 0 Å². The zero-order valence-electron chi connectivity index (χ0n) is 10.9. The quantitative estimate of drug-likeness (QED) is 0.529. The molecule has 5 N–H and O–H groups in total. The average molecular weight is 258 g/mol. The van der Waals surface area contributed by atoms with E-state index in [4.69, 9.17) is 15.8 Å². The number of nitrogens with two attached hydrogens (primary N) is 1. The van der Waals surface area contributed by atoms with Gasteiger partial charge in [-0.05, 0) is 50.4 Å². The highest BCUT2D eigenvalue weighted by Crippen LogP contribution is 2.49. The predicted molar refractivity (Wildman–Crippen MR) is 69.7 cm³/mol. The smallest absolute Gasteiger partial charge is 0.427 e. The molecule has 0 heterocycles. The summed E-state index contributed by atoms with van der Waals surface area (Å²) in [6.07, 6.45) is 2.87. The van der Waals surface area contributed by atoms with Gasteiger partial charge >= 0.3 is 7.12 Å². The van der Waals surface area contributed by atoms with Crippen molar-refractivity contribution in [1.82, 2.24) is 5.32 Å². The van der Waals surface area contributed by atoms with E-state index in [-0.39, 0.29) is 18.0 Å². The molecule has 0 bridgehead atoms. The molecule has 0 aliphatic heterocycles.